The Morgan fingerprint density at radius 2 is 1.60 bits per heavy atom. The number of aromatic hydroxyl groups is 2. The molecule has 2 aromatic carbocycles. The van der Waals surface area contributed by atoms with E-state index in [4.69, 9.17) is 0 Å². The first kappa shape index (κ1) is 12.7. The fourth-order valence-electron chi connectivity index (χ4n) is 1.92. The van der Waals surface area contributed by atoms with Crippen molar-refractivity contribution in [2.75, 3.05) is 0 Å². The van der Waals surface area contributed by atoms with Gasteiger partial charge in [-0.25, -0.2) is 0 Å². The fourth-order valence-corrected chi connectivity index (χ4v) is 2.30. The second-order valence-electron chi connectivity index (χ2n) is 4.38. The molecule has 3 N–H and O–H groups in total. The molecule has 0 bridgehead atoms. The third-order valence-corrected chi connectivity index (χ3v) is 3.63. The quantitative estimate of drug-likeness (QED) is 0.667. The number of halogens is 1. The van der Waals surface area contributed by atoms with Crippen LogP contribution in [0, 0.1) is 0 Å². The van der Waals surface area contributed by atoms with E-state index in [1.165, 1.54) is 0 Å². The van der Waals surface area contributed by atoms with E-state index < -0.39 is 0 Å². The minimum absolute atomic E-state index is 0.197. The van der Waals surface area contributed by atoms with Crippen molar-refractivity contribution in [3.63, 3.8) is 0 Å². The molecule has 1 heterocycles. The van der Waals surface area contributed by atoms with E-state index in [1.54, 1.807) is 24.3 Å². The highest BCUT2D eigenvalue weighted by Gasteiger charge is 2.07. The van der Waals surface area contributed by atoms with Crippen molar-refractivity contribution in [3.8, 4) is 34.0 Å². The van der Waals surface area contributed by atoms with Crippen LogP contribution in [0.3, 0.4) is 0 Å². The maximum absolute atomic E-state index is 9.50. The summed E-state index contributed by atoms with van der Waals surface area (Å²) in [7, 11) is 0. The number of nitrogens with one attached hydrogen (secondary N) is 1. The van der Waals surface area contributed by atoms with Crippen molar-refractivity contribution in [1.29, 1.82) is 0 Å². The van der Waals surface area contributed by atoms with Gasteiger partial charge in [0.25, 0.3) is 0 Å². The van der Waals surface area contributed by atoms with E-state index >= 15 is 0 Å². The van der Waals surface area contributed by atoms with E-state index in [0.717, 1.165) is 22.5 Å². The van der Waals surface area contributed by atoms with Crippen LogP contribution in [0.1, 0.15) is 0 Å². The van der Waals surface area contributed by atoms with Gasteiger partial charge in [0.15, 0.2) is 0 Å². The van der Waals surface area contributed by atoms with Crippen molar-refractivity contribution in [1.82, 2.24) is 10.2 Å². The van der Waals surface area contributed by atoms with Crippen LogP contribution in [-0.4, -0.2) is 20.4 Å². The molecule has 0 aliphatic heterocycles. The van der Waals surface area contributed by atoms with Crippen LogP contribution in [0.4, 0.5) is 0 Å². The second kappa shape index (κ2) is 5.02. The zero-order valence-electron chi connectivity index (χ0n) is 10.3. The van der Waals surface area contributed by atoms with Gasteiger partial charge >= 0.3 is 0 Å². The van der Waals surface area contributed by atoms with E-state index in [0.29, 0.717) is 4.47 Å². The SMILES string of the molecule is Oc1ccc(-c2cc(-c3ccc(O)c(Br)c3)n[nH]2)cc1. The first-order valence-electron chi connectivity index (χ1n) is 5.97. The van der Waals surface area contributed by atoms with Gasteiger partial charge in [-0.1, -0.05) is 0 Å². The summed E-state index contributed by atoms with van der Waals surface area (Å²) in [4.78, 5) is 0. The zero-order chi connectivity index (χ0) is 14.1. The number of phenols is 2. The Morgan fingerprint density at radius 1 is 0.900 bits per heavy atom. The molecule has 0 saturated carbocycles. The van der Waals surface area contributed by atoms with E-state index in [9.17, 15) is 10.2 Å². The lowest BCUT2D eigenvalue weighted by Crippen LogP contribution is -1.78. The molecule has 0 amide bonds. The minimum atomic E-state index is 0.197. The van der Waals surface area contributed by atoms with Crippen LogP contribution in [0.25, 0.3) is 22.5 Å². The van der Waals surface area contributed by atoms with Gasteiger partial charge in [-0.15, -0.1) is 0 Å². The first-order valence-corrected chi connectivity index (χ1v) is 6.76. The Labute approximate surface area is 123 Å². The maximum atomic E-state index is 9.50. The van der Waals surface area contributed by atoms with E-state index in [1.807, 2.05) is 24.3 Å². The summed E-state index contributed by atoms with van der Waals surface area (Å²) in [6, 6.07) is 14.1. The summed E-state index contributed by atoms with van der Waals surface area (Å²) < 4.78 is 0.629. The smallest absolute Gasteiger partial charge is 0.129 e. The maximum Gasteiger partial charge on any atom is 0.129 e. The van der Waals surface area contributed by atoms with Gasteiger partial charge in [0.2, 0.25) is 0 Å². The molecule has 3 rings (SSSR count). The van der Waals surface area contributed by atoms with Crippen LogP contribution in [0.2, 0.25) is 0 Å². The molecule has 0 aliphatic rings. The first-order chi connectivity index (χ1) is 9.63. The Hall–Kier alpha value is -2.27. The molecule has 5 heteroatoms. The normalized spacial score (nSPS) is 10.7. The lowest BCUT2D eigenvalue weighted by atomic mass is 10.1. The highest BCUT2D eigenvalue weighted by molar-refractivity contribution is 9.10. The summed E-state index contributed by atoms with van der Waals surface area (Å²) in [5.41, 5.74) is 3.49. The molecule has 0 unspecified atom stereocenters. The molecule has 100 valence electrons. The summed E-state index contributed by atoms with van der Waals surface area (Å²) in [5, 5.41) is 26.0. The number of aromatic nitrogens is 2. The molecule has 4 nitrogen and oxygen atoms in total. The van der Waals surface area contributed by atoms with Gasteiger partial charge in [-0.05, 0) is 70.0 Å². The van der Waals surface area contributed by atoms with Crippen molar-refractivity contribution in [3.05, 3.63) is 53.0 Å². The van der Waals surface area contributed by atoms with Gasteiger partial charge < -0.3 is 10.2 Å². The van der Waals surface area contributed by atoms with Crippen LogP contribution in [0.5, 0.6) is 11.5 Å². The molecule has 1 aromatic heterocycles. The number of phenolic OH excluding ortho intramolecular Hbond substituents is 2. The van der Waals surface area contributed by atoms with Gasteiger partial charge in [0.1, 0.15) is 11.5 Å². The molecule has 20 heavy (non-hydrogen) atoms. The van der Waals surface area contributed by atoms with E-state index in [2.05, 4.69) is 26.1 Å². The number of aromatic amines is 1. The number of rotatable bonds is 2. The molecule has 0 saturated heterocycles. The predicted octanol–water partition coefficient (Wildman–Crippen LogP) is 3.92. The Morgan fingerprint density at radius 3 is 2.30 bits per heavy atom. The Kier molecular flexibility index (Phi) is 3.20. The minimum Gasteiger partial charge on any atom is -0.508 e. The summed E-state index contributed by atoms with van der Waals surface area (Å²) >= 11 is 3.29. The number of hydrogen-bond acceptors (Lipinski definition) is 3. The summed E-state index contributed by atoms with van der Waals surface area (Å²) in [6.45, 7) is 0. The average molecular weight is 331 g/mol. The number of nitrogens with zero attached hydrogens (tertiary/aromatic N) is 1. The van der Waals surface area contributed by atoms with Crippen molar-refractivity contribution < 1.29 is 10.2 Å². The lowest BCUT2D eigenvalue weighted by molar-refractivity contribution is 0.472. The monoisotopic (exact) mass is 330 g/mol. The zero-order valence-corrected chi connectivity index (χ0v) is 11.9. The highest BCUT2D eigenvalue weighted by atomic mass is 79.9. The molecular formula is C15H11BrN2O2. The molecule has 0 aliphatic carbocycles. The Balaban J connectivity index is 1.97. The third kappa shape index (κ3) is 2.40. The lowest BCUT2D eigenvalue weighted by Gasteiger charge is -1.99. The largest absolute Gasteiger partial charge is 0.508 e. The predicted molar refractivity (Wildman–Crippen MR) is 80.5 cm³/mol. The van der Waals surface area contributed by atoms with Crippen LogP contribution >= 0.6 is 15.9 Å². The second-order valence-corrected chi connectivity index (χ2v) is 5.23. The van der Waals surface area contributed by atoms with Gasteiger partial charge in [0, 0.05) is 5.56 Å². The van der Waals surface area contributed by atoms with Crippen molar-refractivity contribution >= 4 is 15.9 Å². The van der Waals surface area contributed by atoms with E-state index in [-0.39, 0.29) is 11.5 Å². The summed E-state index contributed by atoms with van der Waals surface area (Å²) in [5.74, 6) is 0.430. The molecule has 3 aromatic rings. The average Bonchev–Trinajstić information content (AvgIpc) is 2.92. The van der Waals surface area contributed by atoms with Crippen LogP contribution < -0.4 is 0 Å². The van der Waals surface area contributed by atoms with Crippen molar-refractivity contribution in [2.24, 2.45) is 0 Å². The Bertz CT molecular complexity index is 751. The van der Waals surface area contributed by atoms with Gasteiger partial charge in [-0.3, -0.25) is 5.10 Å². The highest BCUT2D eigenvalue weighted by Crippen LogP contribution is 2.30. The molecule has 0 radical (unpaired) electrons. The fraction of sp³-hybridized carbons (Fsp3) is 0. The number of benzene rings is 2. The van der Waals surface area contributed by atoms with Gasteiger partial charge in [-0.2, -0.15) is 5.10 Å². The van der Waals surface area contributed by atoms with Crippen LogP contribution in [0.15, 0.2) is 53.0 Å². The molecule has 0 spiro atoms. The molecule has 0 fully saturated rings. The molecular weight excluding hydrogens is 320 g/mol. The van der Waals surface area contributed by atoms with Crippen molar-refractivity contribution in [2.45, 2.75) is 0 Å². The number of H-pyrrole nitrogens is 1. The topological polar surface area (TPSA) is 69.1 Å². The van der Waals surface area contributed by atoms with Gasteiger partial charge in [0.05, 0.1) is 15.9 Å². The third-order valence-electron chi connectivity index (χ3n) is 3.00. The standard InChI is InChI=1S/C15H11BrN2O2/c16-12-7-10(3-6-15(12)20)14-8-13(17-18-14)9-1-4-11(19)5-2-9/h1-8,19-20H,(H,17,18). The van der Waals surface area contributed by atoms with Crippen LogP contribution in [-0.2, 0) is 0 Å². The molecule has 0 atom stereocenters. The number of hydrogen-bond donors (Lipinski definition) is 3. The summed E-state index contributed by atoms with van der Waals surface area (Å²) in [6.07, 6.45) is 0.